The van der Waals surface area contributed by atoms with Crippen molar-refractivity contribution in [3.8, 4) is 11.3 Å². The highest BCUT2D eigenvalue weighted by Crippen LogP contribution is 2.15. The molecule has 0 radical (unpaired) electrons. The van der Waals surface area contributed by atoms with E-state index in [2.05, 4.69) is 25.8 Å². The second kappa shape index (κ2) is 5.81. The van der Waals surface area contributed by atoms with Crippen LogP contribution in [-0.2, 0) is 4.74 Å². The van der Waals surface area contributed by atoms with Crippen molar-refractivity contribution in [2.24, 2.45) is 0 Å². The van der Waals surface area contributed by atoms with Crippen LogP contribution in [0.3, 0.4) is 0 Å². The highest BCUT2D eigenvalue weighted by atomic mass is 16.5. The maximum Gasteiger partial charge on any atom is 0.148 e. The molecule has 2 aromatic heterocycles. The largest absolute Gasteiger partial charge is 0.378 e. The fourth-order valence-electron chi connectivity index (χ4n) is 2.04. The van der Waals surface area contributed by atoms with E-state index in [1.807, 2.05) is 30.6 Å². The van der Waals surface area contributed by atoms with Gasteiger partial charge in [0.25, 0.3) is 0 Å². The Labute approximate surface area is 111 Å². The Morgan fingerprint density at radius 2 is 2.32 bits per heavy atom. The first-order valence-corrected chi connectivity index (χ1v) is 6.44. The summed E-state index contributed by atoms with van der Waals surface area (Å²) in [6.45, 7) is 3.23. The molecule has 0 saturated carbocycles. The van der Waals surface area contributed by atoms with Gasteiger partial charge in [-0.25, -0.2) is 0 Å². The van der Waals surface area contributed by atoms with Crippen molar-refractivity contribution in [1.82, 2.24) is 20.5 Å². The molecule has 19 heavy (non-hydrogen) atoms. The van der Waals surface area contributed by atoms with Crippen LogP contribution in [-0.4, -0.2) is 47.5 Å². The van der Waals surface area contributed by atoms with E-state index in [9.17, 15) is 0 Å². The van der Waals surface area contributed by atoms with Crippen molar-refractivity contribution in [3.63, 3.8) is 0 Å². The third-order valence-corrected chi connectivity index (χ3v) is 3.09. The number of H-pyrrole nitrogens is 1. The van der Waals surface area contributed by atoms with Crippen LogP contribution in [0.15, 0.2) is 30.6 Å². The van der Waals surface area contributed by atoms with E-state index < -0.39 is 0 Å². The minimum Gasteiger partial charge on any atom is -0.378 e. The van der Waals surface area contributed by atoms with E-state index in [0.717, 1.165) is 43.4 Å². The Kier molecular flexibility index (Phi) is 3.71. The Bertz CT molecular complexity index is 490. The summed E-state index contributed by atoms with van der Waals surface area (Å²) in [6.07, 6.45) is 3.78. The number of aromatic amines is 1. The fourth-order valence-corrected chi connectivity index (χ4v) is 2.04. The first-order valence-electron chi connectivity index (χ1n) is 6.44. The smallest absolute Gasteiger partial charge is 0.148 e. The van der Waals surface area contributed by atoms with Gasteiger partial charge in [0, 0.05) is 37.1 Å². The van der Waals surface area contributed by atoms with Crippen molar-refractivity contribution in [3.05, 3.63) is 30.6 Å². The van der Waals surface area contributed by atoms with Gasteiger partial charge >= 0.3 is 0 Å². The van der Waals surface area contributed by atoms with Gasteiger partial charge in [0.15, 0.2) is 0 Å². The Balaban J connectivity index is 1.57. The van der Waals surface area contributed by atoms with Gasteiger partial charge in [-0.15, -0.1) is 10.2 Å². The molecule has 1 unspecified atom stereocenters. The summed E-state index contributed by atoms with van der Waals surface area (Å²) in [6, 6.07) is 6.21. The van der Waals surface area contributed by atoms with E-state index in [1.54, 1.807) is 0 Å². The van der Waals surface area contributed by atoms with Gasteiger partial charge in [0.05, 0.1) is 18.9 Å². The Morgan fingerprint density at radius 1 is 1.32 bits per heavy atom. The van der Waals surface area contributed by atoms with Gasteiger partial charge in [-0.1, -0.05) is 0 Å². The number of nitrogens with zero attached hydrogens (tertiary/aromatic N) is 2. The fraction of sp³-hybridized carbons (Fsp3) is 0.385. The minimum absolute atomic E-state index is 0.333. The van der Waals surface area contributed by atoms with Gasteiger partial charge in [0.2, 0.25) is 0 Å². The van der Waals surface area contributed by atoms with Gasteiger partial charge in [-0.2, -0.15) is 0 Å². The quantitative estimate of drug-likeness (QED) is 0.759. The molecule has 6 heteroatoms. The second-order valence-electron chi connectivity index (χ2n) is 4.51. The summed E-state index contributed by atoms with van der Waals surface area (Å²) in [5.41, 5.74) is 1.91. The van der Waals surface area contributed by atoms with Crippen molar-refractivity contribution in [2.75, 3.05) is 31.6 Å². The summed E-state index contributed by atoms with van der Waals surface area (Å²) in [5, 5.41) is 15.0. The lowest BCUT2D eigenvalue weighted by molar-refractivity contribution is 0.0806. The van der Waals surface area contributed by atoms with Gasteiger partial charge in [-0.3, -0.25) is 0 Å². The maximum atomic E-state index is 5.40. The van der Waals surface area contributed by atoms with E-state index >= 15 is 0 Å². The molecule has 1 fully saturated rings. The number of hydrogen-bond acceptors (Lipinski definition) is 5. The predicted octanol–water partition coefficient (Wildman–Crippen LogP) is 0.872. The van der Waals surface area contributed by atoms with Crippen LogP contribution < -0.4 is 10.6 Å². The molecule has 1 aliphatic rings. The summed E-state index contributed by atoms with van der Waals surface area (Å²) in [7, 11) is 0. The molecule has 0 aromatic carbocycles. The standard InChI is InChI=1S/C13H17N5O/c1-2-13(16-8-11-9-19-6-5-15-11)18-17-12(1)10-3-4-14-7-10/h1-4,7,11,14-15H,5-6,8-9H2,(H,16,18). The lowest BCUT2D eigenvalue weighted by atomic mass is 10.2. The normalized spacial score (nSPS) is 19.3. The molecule has 0 amide bonds. The molecule has 6 nitrogen and oxygen atoms in total. The summed E-state index contributed by atoms with van der Waals surface area (Å²) in [5.74, 6) is 0.784. The van der Waals surface area contributed by atoms with Crippen LogP contribution in [0.4, 0.5) is 5.82 Å². The first-order chi connectivity index (χ1) is 9.42. The Hall–Kier alpha value is -1.92. The number of nitrogens with one attached hydrogen (secondary N) is 3. The zero-order chi connectivity index (χ0) is 12.9. The number of morpholine rings is 1. The van der Waals surface area contributed by atoms with E-state index in [4.69, 9.17) is 4.74 Å². The Morgan fingerprint density at radius 3 is 3.00 bits per heavy atom. The highest BCUT2D eigenvalue weighted by molar-refractivity contribution is 5.58. The van der Waals surface area contributed by atoms with E-state index in [-0.39, 0.29) is 0 Å². The number of anilines is 1. The molecule has 1 saturated heterocycles. The number of rotatable bonds is 4. The highest BCUT2D eigenvalue weighted by Gasteiger charge is 2.12. The third kappa shape index (κ3) is 3.10. The zero-order valence-electron chi connectivity index (χ0n) is 10.6. The van der Waals surface area contributed by atoms with Crippen molar-refractivity contribution >= 4 is 5.82 Å². The van der Waals surface area contributed by atoms with Gasteiger partial charge < -0.3 is 20.4 Å². The maximum absolute atomic E-state index is 5.40. The topological polar surface area (TPSA) is 74.9 Å². The van der Waals surface area contributed by atoms with Crippen LogP contribution >= 0.6 is 0 Å². The van der Waals surface area contributed by atoms with Crippen molar-refractivity contribution in [2.45, 2.75) is 6.04 Å². The molecular formula is C13H17N5O. The van der Waals surface area contributed by atoms with Gasteiger partial charge in [0.1, 0.15) is 5.82 Å². The molecule has 1 aliphatic heterocycles. The molecule has 2 aromatic rings. The molecule has 0 spiro atoms. The number of aromatic nitrogens is 3. The van der Waals surface area contributed by atoms with E-state index in [1.165, 1.54) is 0 Å². The van der Waals surface area contributed by atoms with Gasteiger partial charge in [-0.05, 0) is 18.2 Å². The second-order valence-corrected chi connectivity index (χ2v) is 4.51. The lowest BCUT2D eigenvalue weighted by Gasteiger charge is -2.23. The van der Waals surface area contributed by atoms with Crippen LogP contribution in [0.2, 0.25) is 0 Å². The zero-order valence-corrected chi connectivity index (χ0v) is 10.6. The number of hydrogen-bond donors (Lipinski definition) is 3. The lowest BCUT2D eigenvalue weighted by Crippen LogP contribution is -2.45. The summed E-state index contributed by atoms with van der Waals surface area (Å²) < 4.78 is 5.40. The third-order valence-electron chi connectivity index (χ3n) is 3.09. The van der Waals surface area contributed by atoms with Crippen LogP contribution in [0, 0.1) is 0 Å². The molecule has 100 valence electrons. The molecule has 3 N–H and O–H groups in total. The summed E-state index contributed by atoms with van der Waals surface area (Å²) in [4.78, 5) is 3.01. The van der Waals surface area contributed by atoms with Crippen molar-refractivity contribution < 1.29 is 4.74 Å². The SMILES string of the molecule is c1cc(-c2ccc(NCC3COCCN3)nn2)c[nH]1. The minimum atomic E-state index is 0.333. The molecule has 0 aliphatic carbocycles. The molecule has 0 bridgehead atoms. The van der Waals surface area contributed by atoms with Crippen molar-refractivity contribution in [1.29, 1.82) is 0 Å². The molecular weight excluding hydrogens is 242 g/mol. The monoisotopic (exact) mass is 259 g/mol. The molecule has 1 atom stereocenters. The predicted molar refractivity (Wildman–Crippen MR) is 72.9 cm³/mol. The molecule has 3 rings (SSSR count). The average Bonchev–Trinajstić information content (AvgIpc) is 3.01. The number of ether oxygens (including phenoxy) is 1. The average molecular weight is 259 g/mol. The summed E-state index contributed by atoms with van der Waals surface area (Å²) >= 11 is 0. The van der Waals surface area contributed by atoms with Crippen LogP contribution in [0.25, 0.3) is 11.3 Å². The van der Waals surface area contributed by atoms with Crippen LogP contribution in [0.1, 0.15) is 0 Å². The molecule has 3 heterocycles. The van der Waals surface area contributed by atoms with Crippen LogP contribution in [0.5, 0.6) is 0 Å². The first kappa shape index (κ1) is 12.1. The van der Waals surface area contributed by atoms with E-state index in [0.29, 0.717) is 6.04 Å².